The van der Waals surface area contributed by atoms with Gasteiger partial charge in [0, 0.05) is 17.7 Å². The van der Waals surface area contributed by atoms with Crippen LogP contribution in [-0.2, 0) is 21.7 Å². The van der Waals surface area contributed by atoms with Crippen molar-refractivity contribution < 1.29 is 19.2 Å². The number of fused-ring (bicyclic) bond motifs is 1. The van der Waals surface area contributed by atoms with Crippen LogP contribution in [0.3, 0.4) is 0 Å². The molecule has 0 unspecified atom stereocenters. The van der Waals surface area contributed by atoms with Gasteiger partial charge in [-0.3, -0.25) is 15.0 Å². The lowest BCUT2D eigenvalue weighted by molar-refractivity contribution is -0.384. The van der Waals surface area contributed by atoms with Gasteiger partial charge in [-0.05, 0) is 55.2 Å². The Hall–Kier alpha value is -4.07. The maximum Gasteiger partial charge on any atom is 0.415 e. The molecule has 6 rings (SSSR count). The normalized spacial score (nSPS) is 29.2. The van der Waals surface area contributed by atoms with E-state index in [1.807, 2.05) is 24.3 Å². The highest BCUT2D eigenvalue weighted by Crippen LogP contribution is 2.72. The first-order chi connectivity index (χ1) is 16.6. The van der Waals surface area contributed by atoms with Crippen LogP contribution >= 0.6 is 0 Å². The van der Waals surface area contributed by atoms with Gasteiger partial charge in [-0.25, -0.2) is 4.79 Å². The van der Waals surface area contributed by atoms with Gasteiger partial charge in [0.25, 0.3) is 5.69 Å². The molecule has 2 aromatic rings. The number of hydrogen-bond acceptors (Lipinski definition) is 5. The maximum atomic E-state index is 13.5. The highest BCUT2D eigenvalue weighted by Gasteiger charge is 2.81. The molecular weight excluding hydrogens is 432 g/mol. The molecule has 2 heterocycles. The molecule has 4 aliphatic rings. The van der Waals surface area contributed by atoms with Crippen molar-refractivity contribution in [3.63, 3.8) is 0 Å². The Labute approximate surface area is 196 Å². The van der Waals surface area contributed by atoms with Crippen molar-refractivity contribution in [1.82, 2.24) is 0 Å². The Bertz CT molecular complexity index is 1360. The summed E-state index contributed by atoms with van der Waals surface area (Å²) in [5.41, 5.74) is 1.12. The van der Waals surface area contributed by atoms with E-state index in [0.717, 1.165) is 30.5 Å². The van der Waals surface area contributed by atoms with E-state index in [1.165, 1.54) is 12.1 Å². The second kappa shape index (κ2) is 7.48. The topological polar surface area (TPSA) is 85.2 Å². The number of nitro benzene ring substituents is 1. The minimum Gasteiger partial charge on any atom is -0.444 e. The van der Waals surface area contributed by atoms with Crippen LogP contribution in [0.5, 0.6) is 0 Å². The number of non-ortho nitro benzene ring substituents is 1. The number of anilines is 1. The molecule has 7 nitrogen and oxygen atoms in total. The average molecular weight is 452 g/mol. The molecule has 0 spiro atoms. The number of hydrogen-bond donors (Lipinski definition) is 0. The van der Waals surface area contributed by atoms with Gasteiger partial charge < -0.3 is 9.47 Å². The number of benzene rings is 2. The molecule has 0 N–H and O–H groups in total. The summed E-state index contributed by atoms with van der Waals surface area (Å²) in [5, 5.41) is 10.9. The van der Waals surface area contributed by atoms with Gasteiger partial charge in [0.05, 0.1) is 16.5 Å². The van der Waals surface area contributed by atoms with Crippen molar-refractivity contribution in [2.45, 2.75) is 43.1 Å². The van der Waals surface area contributed by atoms with E-state index in [0.29, 0.717) is 5.56 Å². The molecule has 0 aromatic heterocycles. The van der Waals surface area contributed by atoms with Crippen LogP contribution in [0.4, 0.5) is 16.2 Å². The Morgan fingerprint density at radius 3 is 2.71 bits per heavy atom. The van der Waals surface area contributed by atoms with Crippen molar-refractivity contribution in [2.24, 2.45) is 5.92 Å². The molecular formula is C27H20N2O5. The summed E-state index contributed by atoms with van der Waals surface area (Å²) < 4.78 is 12.3. The lowest BCUT2D eigenvalue weighted by Gasteiger charge is -2.43. The Kier molecular flexibility index (Phi) is 4.52. The van der Waals surface area contributed by atoms with Gasteiger partial charge in [0.15, 0.2) is 0 Å². The Morgan fingerprint density at radius 2 is 1.91 bits per heavy atom. The monoisotopic (exact) mass is 452 g/mol. The number of epoxide rings is 1. The minimum atomic E-state index is -0.622. The first-order valence-corrected chi connectivity index (χ1v) is 11.2. The van der Waals surface area contributed by atoms with Gasteiger partial charge in [0.2, 0.25) is 0 Å². The SMILES string of the molecule is O=C(OCc1ccc([N+](=O)[O-])cc1)N1c2ccccc2[C@@]23O[C@]24CCC[C@H]3C#CC=CC#C[C@H]14. The third-order valence-electron chi connectivity index (χ3n) is 7.16. The molecule has 7 heteroatoms. The molecule has 4 bridgehead atoms. The fourth-order valence-electron chi connectivity index (χ4n) is 5.69. The van der Waals surface area contributed by atoms with Crippen LogP contribution in [0.15, 0.2) is 60.7 Å². The van der Waals surface area contributed by atoms with Crippen LogP contribution in [0, 0.1) is 39.7 Å². The molecule has 168 valence electrons. The number of amides is 1. The standard InChI is InChI=1S/C27H20N2O5/c30-25(33-18-19-13-15-21(16-14-19)29(31)32)28-23-11-6-5-10-22(23)27-20-8-3-1-2-4-12-24(28)26(27,34-27)17-7-9-20/h1-2,5-6,10-11,13-16,20,24H,7,9,17-18H2/t20-,24+,26+,27-/m1/s1. The fourth-order valence-corrected chi connectivity index (χ4v) is 5.69. The molecule has 2 aromatic carbocycles. The summed E-state index contributed by atoms with van der Waals surface area (Å²) in [7, 11) is 0. The van der Waals surface area contributed by atoms with Crippen LogP contribution in [0.25, 0.3) is 0 Å². The summed E-state index contributed by atoms with van der Waals surface area (Å²) in [6.45, 7) is -0.0113. The Balaban J connectivity index is 1.38. The number of ether oxygens (including phenoxy) is 2. The molecule has 0 radical (unpaired) electrons. The summed E-state index contributed by atoms with van der Waals surface area (Å²) in [4.78, 5) is 25.6. The highest BCUT2D eigenvalue weighted by molar-refractivity contribution is 5.93. The van der Waals surface area contributed by atoms with Crippen molar-refractivity contribution in [2.75, 3.05) is 4.90 Å². The number of para-hydroxylation sites is 1. The van der Waals surface area contributed by atoms with Crippen LogP contribution in [0.1, 0.15) is 30.4 Å². The zero-order valence-corrected chi connectivity index (χ0v) is 18.2. The van der Waals surface area contributed by atoms with Crippen molar-refractivity contribution in [3.8, 4) is 23.7 Å². The lowest BCUT2D eigenvalue weighted by Crippen LogP contribution is -2.57. The first kappa shape index (κ1) is 20.5. The van der Waals surface area contributed by atoms with Gasteiger partial charge in [0.1, 0.15) is 23.9 Å². The summed E-state index contributed by atoms with van der Waals surface area (Å²) in [5.74, 6) is 12.8. The predicted molar refractivity (Wildman–Crippen MR) is 124 cm³/mol. The average Bonchev–Trinajstić information content (AvgIpc) is 3.57. The molecule has 2 aliphatic heterocycles. The number of nitrogens with zero attached hydrogens (tertiary/aromatic N) is 2. The minimum absolute atomic E-state index is 0.0113. The fraction of sp³-hybridized carbons (Fsp3) is 0.296. The zero-order chi connectivity index (χ0) is 23.3. The summed E-state index contributed by atoms with van der Waals surface area (Å²) in [6.07, 6.45) is 5.58. The highest BCUT2D eigenvalue weighted by atomic mass is 16.6. The third-order valence-corrected chi connectivity index (χ3v) is 7.16. The van der Waals surface area contributed by atoms with Crippen molar-refractivity contribution >= 4 is 17.5 Å². The lowest BCUT2D eigenvalue weighted by atomic mass is 9.64. The number of carbonyl (C=O) groups excluding carboxylic acids is 1. The van der Waals surface area contributed by atoms with E-state index in [2.05, 4.69) is 23.7 Å². The van der Waals surface area contributed by atoms with Crippen molar-refractivity contribution in [3.05, 3.63) is 81.9 Å². The van der Waals surface area contributed by atoms with E-state index < -0.39 is 28.3 Å². The molecule has 4 atom stereocenters. The second-order valence-electron chi connectivity index (χ2n) is 8.85. The predicted octanol–water partition coefficient (Wildman–Crippen LogP) is 4.46. The summed E-state index contributed by atoms with van der Waals surface area (Å²) >= 11 is 0. The molecule has 1 saturated carbocycles. The first-order valence-electron chi connectivity index (χ1n) is 11.2. The van der Waals surface area contributed by atoms with Gasteiger partial charge in [-0.2, -0.15) is 0 Å². The number of nitro groups is 1. The third kappa shape index (κ3) is 2.81. The van der Waals surface area contributed by atoms with Crippen LogP contribution in [0.2, 0.25) is 0 Å². The van der Waals surface area contributed by atoms with E-state index in [9.17, 15) is 14.9 Å². The smallest absolute Gasteiger partial charge is 0.415 e. The van der Waals surface area contributed by atoms with Gasteiger partial charge in [-0.1, -0.05) is 41.9 Å². The quantitative estimate of drug-likeness (QED) is 0.297. The van der Waals surface area contributed by atoms with Gasteiger partial charge in [-0.15, -0.1) is 0 Å². The Morgan fingerprint density at radius 1 is 1.15 bits per heavy atom. The largest absolute Gasteiger partial charge is 0.444 e. The van der Waals surface area contributed by atoms with E-state index in [4.69, 9.17) is 9.47 Å². The van der Waals surface area contributed by atoms with Crippen molar-refractivity contribution in [1.29, 1.82) is 0 Å². The molecule has 2 aliphatic carbocycles. The second-order valence-corrected chi connectivity index (χ2v) is 8.85. The zero-order valence-electron chi connectivity index (χ0n) is 18.2. The van der Waals surface area contributed by atoms with Crippen LogP contribution < -0.4 is 4.90 Å². The summed E-state index contributed by atoms with van der Waals surface area (Å²) in [6, 6.07) is 13.2. The number of carbonyl (C=O) groups is 1. The van der Waals surface area contributed by atoms with E-state index in [1.54, 1.807) is 29.2 Å². The van der Waals surface area contributed by atoms with E-state index >= 15 is 0 Å². The number of allylic oxidation sites excluding steroid dienone is 2. The van der Waals surface area contributed by atoms with Gasteiger partial charge >= 0.3 is 6.09 Å². The molecule has 34 heavy (non-hydrogen) atoms. The molecule has 2 fully saturated rings. The van der Waals surface area contributed by atoms with E-state index in [-0.39, 0.29) is 18.2 Å². The number of rotatable bonds is 3. The van der Waals surface area contributed by atoms with Crippen LogP contribution in [-0.4, -0.2) is 22.7 Å². The molecule has 1 amide bonds. The molecule has 1 saturated heterocycles. The maximum absolute atomic E-state index is 13.5.